The van der Waals surface area contributed by atoms with Gasteiger partial charge >= 0.3 is 5.69 Å². The van der Waals surface area contributed by atoms with Crippen molar-refractivity contribution in [3.8, 4) is 0 Å². The van der Waals surface area contributed by atoms with Crippen molar-refractivity contribution >= 4 is 11.5 Å². The largest absolute Gasteiger partial charge is 0.364 e. The van der Waals surface area contributed by atoms with Crippen molar-refractivity contribution in [1.29, 1.82) is 0 Å². The molecule has 0 aliphatic heterocycles. The van der Waals surface area contributed by atoms with Gasteiger partial charge in [-0.3, -0.25) is 10.1 Å². The van der Waals surface area contributed by atoms with E-state index in [1.165, 1.54) is 25.7 Å². The number of rotatable bonds is 7. The van der Waals surface area contributed by atoms with E-state index in [4.69, 9.17) is 0 Å². The van der Waals surface area contributed by atoms with E-state index < -0.39 is 0 Å². The molecule has 1 aliphatic carbocycles. The molecule has 1 saturated carbocycles. The SMILES string of the molecule is CCCc1nn(C)c(NCC2(CC)CCCC2)c1[N+](=O)[O-]. The molecule has 1 aromatic heterocycles. The van der Waals surface area contributed by atoms with Crippen LogP contribution in [0.4, 0.5) is 11.5 Å². The van der Waals surface area contributed by atoms with Gasteiger partial charge < -0.3 is 5.32 Å². The van der Waals surface area contributed by atoms with Crippen LogP contribution in [0.25, 0.3) is 0 Å². The molecule has 1 N–H and O–H groups in total. The minimum Gasteiger partial charge on any atom is -0.364 e. The van der Waals surface area contributed by atoms with E-state index in [1.807, 2.05) is 6.92 Å². The zero-order chi connectivity index (χ0) is 15.5. The molecule has 1 aromatic rings. The van der Waals surface area contributed by atoms with E-state index in [-0.39, 0.29) is 10.6 Å². The highest BCUT2D eigenvalue weighted by molar-refractivity contribution is 5.60. The fourth-order valence-corrected chi connectivity index (χ4v) is 3.42. The van der Waals surface area contributed by atoms with Crippen molar-refractivity contribution in [3.05, 3.63) is 15.8 Å². The summed E-state index contributed by atoms with van der Waals surface area (Å²) < 4.78 is 1.63. The molecule has 0 radical (unpaired) electrons. The monoisotopic (exact) mass is 294 g/mol. The Labute approximate surface area is 126 Å². The van der Waals surface area contributed by atoms with Crippen LogP contribution in [-0.2, 0) is 13.5 Å². The summed E-state index contributed by atoms with van der Waals surface area (Å²) in [6, 6.07) is 0. The highest BCUT2D eigenvalue weighted by Gasteiger charge is 2.33. The third-order valence-electron chi connectivity index (χ3n) is 4.81. The molecule has 0 bridgehead atoms. The molecule has 2 rings (SSSR count). The first-order valence-corrected chi connectivity index (χ1v) is 7.97. The van der Waals surface area contributed by atoms with E-state index in [1.54, 1.807) is 11.7 Å². The van der Waals surface area contributed by atoms with Gasteiger partial charge in [-0.2, -0.15) is 5.10 Å². The summed E-state index contributed by atoms with van der Waals surface area (Å²) in [4.78, 5) is 11.1. The molecule has 0 unspecified atom stereocenters. The van der Waals surface area contributed by atoms with Gasteiger partial charge in [0.2, 0.25) is 5.82 Å². The number of nitro groups is 1. The van der Waals surface area contributed by atoms with Gasteiger partial charge in [0.25, 0.3) is 0 Å². The lowest BCUT2D eigenvalue weighted by Crippen LogP contribution is -2.26. The van der Waals surface area contributed by atoms with Crippen molar-refractivity contribution in [2.75, 3.05) is 11.9 Å². The quantitative estimate of drug-likeness (QED) is 0.615. The first-order chi connectivity index (χ1) is 10.0. The normalized spacial score (nSPS) is 17.1. The van der Waals surface area contributed by atoms with Crippen molar-refractivity contribution in [2.24, 2.45) is 12.5 Å². The van der Waals surface area contributed by atoms with Crippen molar-refractivity contribution in [2.45, 2.75) is 58.8 Å². The van der Waals surface area contributed by atoms with Crippen molar-refractivity contribution < 1.29 is 4.92 Å². The molecule has 0 atom stereocenters. The lowest BCUT2D eigenvalue weighted by molar-refractivity contribution is -0.384. The van der Waals surface area contributed by atoms with Gasteiger partial charge in [-0.1, -0.05) is 33.1 Å². The summed E-state index contributed by atoms with van der Waals surface area (Å²) in [5, 5.41) is 19.1. The Morgan fingerprint density at radius 1 is 1.38 bits per heavy atom. The van der Waals surface area contributed by atoms with E-state index in [0.29, 0.717) is 23.3 Å². The van der Waals surface area contributed by atoms with Gasteiger partial charge in [0.05, 0.1) is 4.92 Å². The third kappa shape index (κ3) is 3.19. The number of nitrogens with zero attached hydrogens (tertiary/aromatic N) is 3. The van der Waals surface area contributed by atoms with Crippen LogP contribution in [0, 0.1) is 15.5 Å². The topological polar surface area (TPSA) is 73.0 Å². The number of nitrogens with one attached hydrogen (secondary N) is 1. The fraction of sp³-hybridized carbons (Fsp3) is 0.800. The summed E-state index contributed by atoms with van der Waals surface area (Å²) in [6.07, 6.45) is 7.58. The Morgan fingerprint density at radius 3 is 2.57 bits per heavy atom. The number of hydrogen-bond acceptors (Lipinski definition) is 4. The highest BCUT2D eigenvalue weighted by Crippen LogP contribution is 2.41. The van der Waals surface area contributed by atoms with Gasteiger partial charge in [0.15, 0.2) is 0 Å². The minimum atomic E-state index is -0.298. The molecule has 0 saturated heterocycles. The molecule has 0 amide bonds. The molecule has 1 heterocycles. The Hall–Kier alpha value is -1.59. The van der Waals surface area contributed by atoms with Gasteiger partial charge in [-0.05, 0) is 31.1 Å². The summed E-state index contributed by atoms with van der Waals surface area (Å²) in [5.74, 6) is 0.558. The van der Waals surface area contributed by atoms with E-state index in [2.05, 4.69) is 17.3 Å². The molecule has 0 aromatic carbocycles. The smallest absolute Gasteiger partial charge is 0.333 e. The highest BCUT2D eigenvalue weighted by atomic mass is 16.6. The molecule has 0 spiro atoms. The van der Waals surface area contributed by atoms with Crippen LogP contribution < -0.4 is 5.32 Å². The molecule has 118 valence electrons. The second kappa shape index (κ2) is 6.45. The third-order valence-corrected chi connectivity index (χ3v) is 4.81. The molecule has 6 heteroatoms. The zero-order valence-electron chi connectivity index (χ0n) is 13.3. The van der Waals surface area contributed by atoms with Crippen LogP contribution in [0.5, 0.6) is 0 Å². The molecule has 1 aliphatic rings. The maximum Gasteiger partial charge on any atom is 0.333 e. The summed E-state index contributed by atoms with van der Waals surface area (Å²) in [7, 11) is 1.78. The van der Waals surface area contributed by atoms with Crippen LogP contribution in [0.15, 0.2) is 0 Å². The summed E-state index contributed by atoms with van der Waals surface area (Å²) in [6.45, 7) is 5.03. The Kier molecular flexibility index (Phi) is 4.85. The van der Waals surface area contributed by atoms with E-state index in [0.717, 1.165) is 19.4 Å². The minimum absolute atomic E-state index is 0.156. The average Bonchev–Trinajstić information content (AvgIpc) is 3.02. The lowest BCUT2D eigenvalue weighted by atomic mass is 9.83. The summed E-state index contributed by atoms with van der Waals surface area (Å²) in [5.41, 5.74) is 1.04. The maximum absolute atomic E-state index is 11.4. The molecule has 21 heavy (non-hydrogen) atoms. The molecule has 6 nitrogen and oxygen atoms in total. The zero-order valence-corrected chi connectivity index (χ0v) is 13.3. The van der Waals surface area contributed by atoms with Gasteiger partial charge in [-0.25, -0.2) is 4.68 Å². The van der Waals surface area contributed by atoms with Gasteiger partial charge in [0, 0.05) is 13.6 Å². The number of aryl methyl sites for hydroxylation is 2. The first-order valence-electron chi connectivity index (χ1n) is 7.97. The molecule has 1 fully saturated rings. The maximum atomic E-state index is 11.4. The van der Waals surface area contributed by atoms with E-state index in [9.17, 15) is 10.1 Å². The van der Waals surface area contributed by atoms with E-state index >= 15 is 0 Å². The lowest BCUT2D eigenvalue weighted by Gasteiger charge is -2.27. The van der Waals surface area contributed by atoms with Crippen LogP contribution in [0.3, 0.4) is 0 Å². The molecular formula is C15H26N4O2. The standard InChI is InChI=1S/C15H26N4O2/c1-4-8-12-13(19(20)21)14(18(3)17-12)16-11-15(5-2)9-6-7-10-15/h16H,4-11H2,1-3H3. The predicted molar refractivity (Wildman–Crippen MR) is 83.5 cm³/mol. The van der Waals surface area contributed by atoms with Gasteiger partial charge in [0.1, 0.15) is 5.69 Å². The first kappa shape index (κ1) is 15.8. The van der Waals surface area contributed by atoms with Crippen molar-refractivity contribution in [3.63, 3.8) is 0 Å². The average molecular weight is 294 g/mol. The second-order valence-electron chi connectivity index (χ2n) is 6.19. The Morgan fingerprint density at radius 2 is 2.05 bits per heavy atom. The number of aromatic nitrogens is 2. The van der Waals surface area contributed by atoms with Gasteiger partial charge in [-0.15, -0.1) is 0 Å². The van der Waals surface area contributed by atoms with Crippen LogP contribution in [-0.4, -0.2) is 21.2 Å². The number of hydrogen-bond donors (Lipinski definition) is 1. The van der Waals surface area contributed by atoms with Crippen LogP contribution in [0.1, 0.15) is 58.1 Å². The van der Waals surface area contributed by atoms with Crippen LogP contribution >= 0.6 is 0 Å². The van der Waals surface area contributed by atoms with Crippen LogP contribution in [0.2, 0.25) is 0 Å². The van der Waals surface area contributed by atoms with Crippen molar-refractivity contribution in [1.82, 2.24) is 9.78 Å². The predicted octanol–water partition coefficient (Wildman–Crippen LogP) is 3.66. The summed E-state index contributed by atoms with van der Waals surface area (Å²) >= 11 is 0. The fourth-order valence-electron chi connectivity index (χ4n) is 3.42. The second-order valence-corrected chi connectivity index (χ2v) is 6.19. The Bertz CT molecular complexity index is 504. The number of anilines is 1. The molecular weight excluding hydrogens is 268 g/mol. The Balaban J connectivity index is 2.21.